The molecular formula is C28H22N2O4S. The van der Waals surface area contributed by atoms with E-state index in [0.29, 0.717) is 16.7 Å². The number of sulfonamides is 1. The molecule has 2 heterocycles. The number of aryl methyl sites for hydroxylation is 1. The molecule has 0 N–H and O–H groups in total. The molecule has 0 saturated carbocycles. The Kier molecular flexibility index (Phi) is 5.93. The SMILES string of the molecule is Cc1ccc(S(=O)(=O)N(Cc2ccccc2)c2oc3ccccc3c(=O)c2-c2ccccn2)cc1. The smallest absolute Gasteiger partial charge is 0.266 e. The Bertz CT molecular complexity index is 1650. The molecule has 3 aromatic carbocycles. The average Bonchev–Trinajstić information content (AvgIpc) is 2.88. The normalized spacial score (nSPS) is 11.5. The maximum absolute atomic E-state index is 14.0. The standard InChI is InChI=1S/C28H22N2O4S/c1-20-14-16-22(17-15-20)35(32,33)30(19-21-9-3-2-4-10-21)28-26(24-12-7-8-18-29-24)27(31)23-11-5-6-13-25(23)34-28/h2-18H,19H2,1H3. The summed E-state index contributed by atoms with van der Waals surface area (Å²) in [6, 6.07) is 27.7. The first-order valence-corrected chi connectivity index (χ1v) is 12.5. The highest BCUT2D eigenvalue weighted by Gasteiger charge is 2.32. The fourth-order valence-electron chi connectivity index (χ4n) is 3.89. The summed E-state index contributed by atoms with van der Waals surface area (Å²) in [4.78, 5) is 18.1. The highest BCUT2D eigenvalue weighted by molar-refractivity contribution is 7.92. The number of hydrogen-bond acceptors (Lipinski definition) is 5. The van der Waals surface area contributed by atoms with Crippen molar-refractivity contribution in [2.75, 3.05) is 4.31 Å². The molecular weight excluding hydrogens is 460 g/mol. The molecule has 174 valence electrons. The van der Waals surface area contributed by atoms with Gasteiger partial charge in [-0.15, -0.1) is 0 Å². The van der Waals surface area contributed by atoms with E-state index in [2.05, 4.69) is 4.98 Å². The van der Waals surface area contributed by atoms with Gasteiger partial charge in [0.1, 0.15) is 11.1 Å². The molecule has 0 aliphatic heterocycles. The van der Waals surface area contributed by atoms with Gasteiger partial charge in [0.2, 0.25) is 11.3 Å². The van der Waals surface area contributed by atoms with Gasteiger partial charge in [-0.3, -0.25) is 9.78 Å². The first-order valence-electron chi connectivity index (χ1n) is 11.1. The molecule has 0 atom stereocenters. The summed E-state index contributed by atoms with van der Waals surface area (Å²) in [5.41, 5.74) is 2.05. The maximum Gasteiger partial charge on any atom is 0.266 e. The van der Waals surface area contributed by atoms with Crippen molar-refractivity contribution in [2.24, 2.45) is 0 Å². The van der Waals surface area contributed by atoms with Crippen molar-refractivity contribution in [2.45, 2.75) is 18.4 Å². The van der Waals surface area contributed by atoms with Crippen LogP contribution in [0.1, 0.15) is 11.1 Å². The van der Waals surface area contributed by atoms with Gasteiger partial charge in [-0.05, 0) is 48.9 Å². The van der Waals surface area contributed by atoms with Crippen LogP contribution >= 0.6 is 0 Å². The molecule has 35 heavy (non-hydrogen) atoms. The van der Waals surface area contributed by atoms with Gasteiger partial charge in [-0.25, -0.2) is 12.7 Å². The molecule has 0 bridgehead atoms. The Hall–Kier alpha value is -4.23. The molecule has 2 aromatic heterocycles. The fourth-order valence-corrected chi connectivity index (χ4v) is 5.30. The highest BCUT2D eigenvalue weighted by Crippen LogP contribution is 2.35. The van der Waals surface area contributed by atoms with Crippen molar-refractivity contribution in [3.05, 3.63) is 125 Å². The van der Waals surface area contributed by atoms with Crippen LogP contribution in [0.5, 0.6) is 0 Å². The molecule has 0 radical (unpaired) electrons. The van der Waals surface area contributed by atoms with E-state index < -0.39 is 10.0 Å². The number of rotatable bonds is 6. The molecule has 0 unspecified atom stereocenters. The summed E-state index contributed by atoms with van der Waals surface area (Å²) in [5, 5.41) is 0.351. The predicted octanol–water partition coefficient (Wildman–Crippen LogP) is 5.56. The summed E-state index contributed by atoms with van der Waals surface area (Å²) in [7, 11) is -4.11. The van der Waals surface area contributed by atoms with Gasteiger partial charge >= 0.3 is 0 Å². The summed E-state index contributed by atoms with van der Waals surface area (Å²) in [5.74, 6) is -0.0724. The third-order valence-electron chi connectivity index (χ3n) is 5.70. The number of aromatic nitrogens is 1. The number of hydrogen-bond donors (Lipinski definition) is 0. The lowest BCUT2D eigenvalue weighted by atomic mass is 10.1. The Morgan fingerprint density at radius 1 is 0.829 bits per heavy atom. The molecule has 0 saturated heterocycles. The van der Waals surface area contributed by atoms with E-state index in [1.54, 1.807) is 72.9 Å². The van der Waals surface area contributed by atoms with Crippen LogP contribution in [-0.2, 0) is 16.6 Å². The van der Waals surface area contributed by atoms with Gasteiger partial charge < -0.3 is 4.42 Å². The number of anilines is 1. The van der Waals surface area contributed by atoms with E-state index in [0.717, 1.165) is 15.4 Å². The second-order valence-electron chi connectivity index (χ2n) is 8.13. The second-order valence-corrected chi connectivity index (χ2v) is 10.00. The quantitative estimate of drug-likeness (QED) is 0.317. The number of nitrogens with zero attached hydrogens (tertiary/aromatic N) is 2. The molecule has 0 amide bonds. The molecule has 0 fully saturated rings. The zero-order chi connectivity index (χ0) is 24.4. The van der Waals surface area contributed by atoms with Crippen LogP contribution in [0.15, 0.2) is 117 Å². The lowest BCUT2D eigenvalue weighted by molar-refractivity contribution is 0.566. The summed E-state index contributed by atoms with van der Waals surface area (Å²) in [6.45, 7) is 1.86. The van der Waals surface area contributed by atoms with Crippen LogP contribution < -0.4 is 9.73 Å². The summed E-state index contributed by atoms with van der Waals surface area (Å²) < 4.78 is 35.4. The third kappa shape index (κ3) is 4.34. The van der Waals surface area contributed by atoms with Crippen molar-refractivity contribution < 1.29 is 12.8 Å². The Morgan fingerprint density at radius 3 is 2.23 bits per heavy atom. The van der Waals surface area contributed by atoms with E-state index >= 15 is 0 Å². The number of pyridine rings is 1. The van der Waals surface area contributed by atoms with E-state index in [1.807, 2.05) is 37.3 Å². The van der Waals surface area contributed by atoms with Crippen molar-refractivity contribution >= 4 is 26.9 Å². The Morgan fingerprint density at radius 2 is 1.51 bits per heavy atom. The zero-order valence-corrected chi connectivity index (χ0v) is 19.8. The van der Waals surface area contributed by atoms with Crippen LogP contribution in [0.3, 0.4) is 0 Å². The molecule has 5 aromatic rings. The zero-order valence-electron chi connectivity index (χ0n) is 19.0. The van der Waals surface area contributed by atoms with Crippen molar-refractivity contribution in [3.8, 4) is 11.3 Å². The van der Waals surface area contributed by atoms with Crippen LogP contribution in [0.2, 0.25) is 0 Å². The topological polar surface area (TPSA) is 80.5 Å². The van der Waals surface area contributed by atoms with Crippen molar-refractivity contribution in [1.82, 2.24) is 4.98 Å². The minimum Gasteiger partial charge on any atom is -0.438 e. The molecule has 6 nitrogen and oxygen atoms in total. The van der Waals surface area contributed by atoms with E-state index in [4.69, 9.17) is 4.42 Å². The molecule has 0 spiro atoms. The summed E-state index contributed by atoms with van der Waals surface area (Å²) in [6.07, 6.45) is 1.56. The lowest BCUT2D eigenvalue weighted by Gasteiger charge is -2.25. The second kappa shape index (κ2) is 9.19. The number of benzene rings is 3. The van der Waals surface area contributed by atoms with Gasteiger partial charge in [0.05, 0.1) is 22.5 Å². The van der Waals surface area contributed by atoms with Gasteiger partial charge in [-0.1, -0.05) is 66.2 Å². The predicted molar refractivity (Wildman–Crippen MR) is 137 cm³/mol. The van der Waals surface area contributed by atoms with E-state index in [1.165, 1.54) is 0 Å². The maximum atomic E-state index is 14.0. The largest absolute Gasteiger partial charge is 0.438 e. The van der Waals surface area contributed by atoms with Crippen molar-refractivity contribution in [3.63, 3.8) is 0 Å². The van der Waals surface area contributed by atoms with Crippen molar-refractivity contribution in [1.29, 1.82) is 0 Å². The molecule has 7 heteroatoms. The van der Waals surface area contributed by atoms with Crippen LogP contribution in [0.25, 0.3) is 22.2 Å². The molecule has 0 aliphatic rings. The Labute approximate surface area is 203 Å². The summed E-state index contributed by atoms with van der Waals surface area (Å²) >= 11 is 0. The molecule has 5 rings (SSSR count). The fraction of sp³-hybridized carbons (Fsp3) is 0.0714. The van der Waals surface area contributed by atoms with Gasteiger partial charge in [0, 0.05) is 6.20 Å². The Balaban J connectivity index is 1.82. The number of fused-ring (bicyclic) bond motifs is 1. The van der Waals surface area contributed by atoms with Crippen LogP contribution in [-0.4, -0.2) is 13.4 Å². The van der Waals surface area contributed by atoms with Crippen LogP contribution in [0.4, 0.5) is 5.88 Å². The van der Waals surface area contributed by atoms with Gasteiger partial charge in [-0.2, -0.15) is 0 Å². The molecule has 0 aliphatic carbocycles. The first-order chi connectivity index (χ1) is 16.9. The highest BCUT2D eigenvalue weighted by atomic mass is 32.2. The minimum absolute atomic E-state index is 0.0296. The van der Waals surface area contributed by atoms with Gasteiger partial charge in [0.25, 0.3) is 10.0 Å². The first kappa shape index (κ1) is 22.6. The third-order valence-corrected chi connectivity index (χ3v) is 7.45. The van der Waals surface area contributed by atoms with Gasteiger partial charge in [0.15, 0.2) is 0 Å². The lowest BCUT2D eigenvalue weighted by Crippen LogP contribution is -2.32. The minimum atomic E-state index is -4.11. The van der Waals surface area contributed by atoms with E-state index in [9.17, 15) is 13.2 Å². The number of para-hydroxylation sites is 1. The monoisotopic (exact) mass is 482 g/mol. The van der Waals surface area contributed by atoms with E-state index in [-0.39, 0.29) is 28.3 Å². The van der Waals surface area contributed by atoms with Crippen LogP contribution in [0, 0.1) is 6.92 Å². The average molecular weight is 483 g/mol.